The summed E-state index contributed by atoms with van der Waals surface area (Å²) >= 11 is 3.09. The van der Waals surface area contributed by atoms with Crippen molar-refractivity contribution in [3.8, 4) is 0 Å². The number of imidazole rings is 1. The van der Waals surface area contributed by atoms with Crippen molar-refractivity contribution in [2.45, 2.75) is 17.8 Å². The van der Waals surface area contributed by atoms with Crippen LogP contribution in [-0.4, -0.2) is 25.5 Å². The fourth-order valence-corrected chi connectivity index (χ4v) is 2.80. The van der Waals surface area contributed by atoms with Crippen LogP contribution < -0.4 is 5.73 Å². The van der Waals surface area contributed by atoms with Crippen LogP contribution in [0.1, 0.15) is 5.82 Å². The van der Waals surface area contributed by atoms with E-state index in [1.165, 1.54) is 11.3 Å². The molecular formula is C8H11N5S2. The van der Waals surface area contributed by atoms with Crippen molar-refractivity contribution in [2.24, 2.45) is 0 Å². The molecule has 0 bridgehead atoms. The van der Waals surface area contributed by atoms with Gasteiger partial charge in [0.25, 0.3) is 0 Å². The molecule has 0 radical (unpaired) electrons. The Labute approximate surface area is 95.7 Å². The SMILES string of the molecule is Cc1nccn1CCSc1nnc(N)s1. The summed E-state index contributed by atoms with van der Waals surface area (Å²) in [5, 5.41) is 8.22. The predicted molar refractivity (Wildman–Crippen MR) is 62.0 cm³/mol. The van der Waals surface area contributed by atoms with Crippen LogP contribution in [0.2, 0.25) is 0 Å². The molecule has 15 heavy (non-hydrogen) atoms. The van der Waals surface area contributed by atoms with Gasteiger partial charge in [0.05, 0.1) is 0 Å². The van der Waals surface area contributed by atoms with Crippen molar-refractivity contribution >= 4 is 28.2 Å². The van der Waals surface area contributed by atoms with Crippen molar-refractivity contribution in [2.75, 3.05) is 11.5 Å². The third-order valence-corrected chi connectivity index (χ3v) is 3.77. The van der Waals surface area contributed by atoms with E-state index in [4.69, 9.17) is 5.73 Å². The molecule has 0 unspecified atom stereocenters. The molecule has 2 N–H and O–H groups in total. The molecule has 2 aromatic heterocycles. The first-order valence-corrected chi connectivity index (χ1v) is 6.25. The maximum atomic E-state index is 5.49. The number of aryl methyl sites for hydroxylation is 2. The Hall–Kier alpha value is -1.08. The molecule has 2 heterocycles. The smallest absolute Gasteiger partial charge is 0.203 e. The summed E-state index contributed by atoms with van der Waals surface area (Å²) in [6, 6.07) is 0. The first-order valence-electron chi connectivity index (χ1n) is 4.45. The molecule has 0 aliphatic rings. The largest absolute Gasteiger partial charge is 0.374 e. The molecule has 0 fully saturated rings. The Morgan fingerprint density at radius 2 is 2.40 bits per heavy atom. The summed E-state index contributed by atoms with van der Waals surface area (Å²) in [4.78, 5) is 4.15. The van der Waals surface area contributed by atoms with Crippen LogP contribution in [0.15, 0.2) is 16.7 Å². The fraction of sp³-hybridized carbons (Fsp3) is 0.375. The number of hydrogen-bond acceptors (Lipinski definition) is 6. The van der Waals surface area contributed by atoms with Gasteiger partial charge in [-0.05, 0) is 6.92 Å². The lowest BCUT2D eigenvalue weighted by Gasteiger charge is -2.02. The molecule has 2 rings (SSSR count). The minimum atomic E-state index is 0.524. The molecule has 0 atom stereocenters. The van der Waals surface area contributed by atoms with Crippen molar-refractivity contribution < 1.29 is 0 Å². The van der Waals surface area contributed by atoms with E-state index in [1.807, 2.05) is 19.3 Å². The molecule has 5 nitrogen and oxygen atoms in total. The lowest BCUT2D eigenvalue weighted by Crippen LogP contribution is -2.01. The molecule has 0 aromatic carbocycles. The van der Waals surface area contributed by atoms with E-state index in [0.29, 0.717) is 5.13 Å². The second-order valence-electron chi connectivity index (χ2n) is 2.92. The zero-order valence-electron chi connectivity index (χ0n) is 8.25. The number of rotatable bonds is 4. The highest BCUT2D eigenvalue weighted by molar-refractivity contribution is 8.01. The van der Waals surface area contributed by atoms with E-state index in [1.54, 1.807) is 11.8 Å². The number of anilines is 1. The summed E-state index contributed by atoms with van der Waals surface area (Å²) in [5.41, 5.74) is 5.49. The highest BCUT2D eigenvalue weighted by Crippen LogP contribution is 2.23. The fourth-order valence-electron chi connectivity index (χ4n) is 1.15. The molecular weight excluding hydrogens is 230 g/mol. The standard InChI is InChI=1S/C8H11N5S2/c1-6-10-2-3-13(6)4-5-14-8-12-11-7(9)15-8/h2-3H,4-5H2,1H3,(H2,9,11). The van der Waals surface area contributed by atoms with Gasteiger partial charge in [0.1, 0.15) is 5.82 Å². The van der Waals surface area contributed by atoms with Crippen LogP contribution in [0.3, 0.4) is 0 Å². The van der Waals surface area contributed by atoms with E-state index in [-0.39, 0.29) is 0 Å². The van der Waals surface area contributed by atoms with Crippen LogP contribution in [0.5, 0.6) is 0 Å². The summed E-state index contributed by atoms with van der Waals surface area (Å²) in [7, 11) is 0. The van der Waals surface area contributed by atoms with Gasteiger partial charge in [0, 0.05) is 24.7 Å². The molecule has 80 valence electrons. The Balaban J connectivity index is 1.83. The number of nitrogen functional groups attached to an aromatic ring is 1. The highest BCUT2D eigenvalue weighted by Gasteiger charge is 2.02. The molecule has 0 saturated heterocycles. The number of nitrogens with zero attached hydrogens (tertiary/aromatic N) is 4. The van der Waals surface area contributed by atoms with Crippen molar-refractivity contribution in [1.82, 2.24) is 19.7 Å². The zero-order chi connectivity index (χ0) is 10.7. The van der Waals surface area contributed by atoms with Crippen molar-refractivity contribution in [3.05, 3.63) is 18.2 Å². The normalized spacial score (nSPS) is 10.7. The lowest BCUT2D eigenvalue weighted by atomic mass is 10.6. The molecule has 0 aliphatic heterocycles. The monoisotopic (exact) mass is 241 g/mol. The van der Waals surface area contributed by atoms with E-state index in [0.717, 1.165) is 22.5 Å². The van der Waals surface area contributed by atoms with Gasteiger partial charge in [-0.3, -0.25) is 0 Å². The first kappa shape index (κ1) is 10.4. The maximum absolute atomic E-state index is 5.49. The van der Waals surface area contributed by atoms with Gasteiger partial charge in [0.2, 0.25) is 5.13 Å². The average Bonchev–Trinajstić information content (AvgIpc) is 2.77. The molecule has 0 amide bonds. The van der Waals surface area contributed by atoms with Gasteiger partial charge in [-0.25, -0.2) is 4.98 Å². The van der Waals surface area contributed by atoms with E-state index >= 15 is 0 Å². The highest BCUT2D eigenvalue weighted by atomic mass is 32.2. The van der Waals surface area contributed by atoms with E-state index < -0.39 is 0 Å². The topological polar surface area (TPSA) is 69.6 Å². The summed E-state index contributed by atoms with van der Waals surface area (Å²) < 4.78 is 3.03. The van der Waals surface area contributed by atoms with Crippen LogP contribution in [0.4, 0.5) is 5.13 Å². The van der Waals surface area contributed by atoms with Gasteiger partial charge >= 0.3 is 0 Å². The Morgan fingerprint density at radius 3 is 3.00 bits per heavy atom. The van der Waals surface area contributed by atoms with Crippen molar-refractivity contribution in [1.29, 1.82) is 0 Å². The summed E-state index contributed by atoms with van der Waals surface area (Å²) in [5.74, 6) is 1.98. The van der Waals surface area contributed by atoms with E-state index in [2.05, 4.69) is 19.7 Å². The van der Waals surface area contributed by atoms with Gasteiger partial charge in [-0.2, -0.15) is 0 Å². The quantitative estimate of drug-likeness (QED) is 0.820. The van der Waals surface area contributed by atoms with Crippen LogP contribution in [-0.2, 0) is 6.54 Å². The third kappa shape index (κ3) is 2.69. The van der Waals surface area contributed by atoms with Gasteiger partial charge in [0.15, 0.2) is 4.34 Å². The van der Waals surface area contributed by atoms with Gasteiger partial charge in [-0.15, -0.1) is 10.2 Å². The molecule has 2 aromatic rings. The number of nitrogens with two attached hydrogens (primary N) is 1. The molecule has 0 aliphatic carbocycles. The lowest BCUT2D eigenvalue weighted by molar-refractivity contribution is 0.737. The molecule has 0 saturated carbocycles. The summed E-state index contributed by atoms with van der Waals surface area (Å²) in [6.45, 7) is 2.92. The summed E-state index contributed by atoms with van der Waals surface area (Å²) in [6.07, 6.45) is 3.79. The predicted octanol–water partition coefficient (Wildman–Crippen LogP) is 1.42. The van der Waals surface area contributed by atoms with Gasteiger partial charge in [-0.1, -0.05) is 23.1 Å². The maximum Gasteiger partial charge on any atom is 0.203 e. The minimum absolute atomic E-state index is 0.524. The molecule has 0 spiro atoms. The van der Waals surface area contributed by atoms with E-state index in [9.17, 15) is 0 Å². The minimum Gasteiger partial charge on any atom is -0.374 e. The number of aromatic nitrogens is 4. The van der Waals surface area contributed by atoms with Crippen molar-refractivity contribution in [3.63, 3.8) is 0 Å². The van der Waals surface area contributed by atoms with Crippen LogP contribution in [0.25, 0.3) is 0 Å². The average molecular weight is 241 g/mol. The van der Waals surface area contributed by atoms with Crippen LogP contribution in [0, 0.1) is 6.92 Å². The second kappa shape index (κ2) is 4.63. The zero-order valence-corrected chi connectivity index (χ0v) is 9.88. The Morgan fingerprint density at radius 1 is 1.53 bits per heavy atom. The Bertz CT molecular complexity index is 436. The second-order valence-corrected chi connectivity index (χ2v) is 5.27. The Kier molecular flexibility index (Phi) is 3.22. The number of thioether (sulfide) groups is 1. The molecule has 7 heteroatoms. The third-order valence-electron chi connectivity index (χ3n) is 1.90. The van der Waals surface area contributed by atoms with Gasteiger partial charge < -0.3 is 10.3 Å². The first-order chi connectivity index (χ1) is 7.25. The van der Waals surface area contributed by atoms with Crippen LogP contribution >= 0.6 is 23.1 Å². The number of hydrogen-bond donors (Lipinski definition) is 1.